The molecule has 0 spiro atoms. The molecule has 2 rings (SSSR count). The van der Waals surface area contributed by atoms with Crippen LogP contribution in [0.25, 0.3) is 0 Å². The van der Waals surface area contributed by atoms with E-state index in [2.05, 4.69) is 5.32 Å². The number of carbonyl (C=O) groups excluding carboxylic acids is 2. The molecule has 102 valence electrons. The van der Waals surface area contributed by atoms with Gasteiger partial charge in [-0.15, -0.1) is 0 Å². The first kappa shape index (κ1) is 13.5. The smallest absolute Gasteiger partial charge is 0.237 e. The van der Waals surface area contributed by atoms with Crippen LogP contribution in [-0.2, 0) is 9.59 Å². The molecular weight excluding hydrogens is 254 g/mol. The molecule has 0 bridgehead atoms. The Morgan fingerprint density at radius 1 is 1.42 bits per heavy atom. The molecule has 0 radical (unpaired) electrons. The highest BCUT2D eigenvalue weighted by molar-refractivity contribution is 6.07. The second-order valence-electron chi connectivity index (χ2n) is 4.76. The molecule has 19 heavy (non-hydrogen) atoms. The zero-order valence-corrected chi connectivity index (χ0v) is 10.6. The fourth-order valence-corrected chi connectivity index (χ4v) is 2.29. The van der Waals surface area contributed by atoms with Crippen molar-refractivity contribution in [2.24, 2.45) is 11.8 Å². The number of benzene rings is 1. The summed E-state index contributed by atoms with van der Waals surface area (Å²) in [5, 5.41) is 2.27. The minimum atomic E-state index is -1.12. The lowest BCUT2D eigenvalue weighted by molar-refractivity contribution is -0.135. The van der Waals surface area contributed by atoms with E-state index < -0.39 is 23.5 Å². The van der Waals surface area contributed by atoms with Crippen molar-refractivity contribution in [2.75, 3.05) is 18.9 Å². The van der Waals surface area contributed by atoms with Crippen molar-refractivity contribution in [2.45, 2.75) is 6.92 Å². The van der Waals surface area contributed by atoms with Crippen molar-refractivity contribution < 1.29 is 18.4 Å². The quantitative estimate of drug-likeness (QED) is 0.829. The summed E-state index contributed by atoms with van der Waals surface area (Å²) >= 11 is 0. The number of hydrogen-bond donors (Lipinski definition) is 1. The standard InChI is InChI=1S/C13H14F2N2O2/c1-7-6-17(2)13(19)10(7)12(18)16-9-5-3-4-8(14)11(9)15/h3-5,7,10H,6H2,1-2H3,(H,16,18)/t7-,10-/m0/s1. The third-order valence-electron chi connectivity index (χ3n) is 3.27. The van der Waals surface area contributed by atoms with Gasteiger partial charge in [0.2, 0.25) is 11.8 Å². The van der Waals surface area contributed by atoms with Gasteiger partial charge in [0.05, 0.1) is 5.69 Å². The number of carbonyl (C=O) groups is 2. The molecule has 1 N–H and O–H groups in total. The molecule has 0 saturated carbocycles. The van der Waals surface area contributed by atoms with E-state index in [9.17, 15) is 18.4 Å². The lowest BCUT2D eigenvalue weighted by Gasteiger charge is -2.13. The lowest BCUT2D eigenvalue weighted by atomic mass is 9.96. The topological polar surface area (TPSA) is 49.4 Å². The zero-order valence-electron chi connectivity index (χ0n) is 10.6. The van der Waals surface area contributed by atoms with Gasteiger partial charge < -0.3 is 10.2 Å². The number of halogens is 2. The highest BCUT2D eigenvalue weighted by atomic mass is 19.2. The Hall–Kier alpha value is -1.98. The van der Waals surface area contributed by atoms with Crippen LogP contribution in [0.3, 0.4) is 0 Å². The van der Waals surface area contributed by atoms with Gasteiger partial charge in [-0.3, -0.25) is 9.59 Å². The summed E-state index contributed by atoms with van der Waals surface area (Å²) < 4.78 is 26.5. The molecular formula is C13H14F2N2O2. The molecule has 1 aliphatic heterocycles. The lowest BCUT2D eigenvalue weighted by Crippen LogP contribution is -2.32. The molecule has 2 amide bonds. The van der Waals surface area contributed by atoms with E-state index in [-0.39, 0.29) is 17.5 Å². The number of nitrogens with one attached hydrogen (secondary N) is 1. The molecule has 1 aromatic rings. The van der Waals surface area contributed by atoms with Crippen molar-refractivity contribution in [3.63, 3.8) is 0 Å². The van der Waals surface area contributed by atoms with Crippen molar-refractivity contribution >= 4 is 17.5 Å². The maximum Gasteiger partial charge on any atom is 0.237 e. The molecule has 0 aromatic heterocycles. The van der Waals surface area contributed by atoms with Gasteiger partial charge in [0.15, 0.2) is 11.6 Å². The van der Waals surface area contributed by atoms with E-state index in [1.165, 1.54) is 17.0 Å². The van der Waals surface area contributed by atoms with Crippen molar-refractivity contribution in [1.29, 1.82) is 0 Å². The highest BCUT2D eigenvalue weighted by Gasteiger charge is 2.41. The van der Waals surface area contributed by atoms with Crippen LogP contribution < -0.4 is 5.32 Å². The monoisotopic (exact) mass is 268 g/mol. The molecule has 1 fully saturated rings. The van der Waals surface area contributed by atoms with Crippen LogP contribution in [0.4, 0.5) is 14.5 Å². The van der Waals surface area contributed by atoms with Crippen LogP contribution >= 0.6 is 0 Å². The summed E-state index contributed by atoms with van der Waals surface area (Å²) in [4.78, 5) is 25.2. The Labute approximate surface area is 109 Å². The van der Waals surface area contributed by atoms with Crippen molar-refractivity contribution in [1.82, 2.24) is 4.90 Å². The molecule has 0 unspecified atom stereocenters. The average molecular weight is 268 g/mol. The van der Waals surface area contributed by atoms with Gasteiger partial charge in [-0.05, 0) is 18.1 Å². The first-order valence-corrected chi connectivity index (χ1v) is 5.91. The Morgan fingerprint density at radius 3 is 2.68 bits per heavy atom. The Balaban J connectivity index is 2.18. The van der Waals surface area contributed by atoms with Gasteiger partial charge in [0.25, 0.3) is 0 Å². The van der Waals surface area contributed by atoms with Gasteiger partial charge in [-0.2, -0.15) is 0 Å². The summed E-state index contributed by atoms with van der Waals surface area (Å²) in [7, 11) is 1.61. The largest absolute Gasteiger partial charge is 0.345 e. The first-order valence-electron chi connectivity index (χ1n) is 5.91. The predicted octanol–water partition coefficient (Wildman–Crippen LogP) is 1.63. The zero-order chi connectivity index (χ0) is 14.2. The Kier molecular flexibility index (Phi) is 3.50. The number of anilines is 1. The van der Waals surface area contributed by atoms with Gasteiger partial charge >= 0.3 is 0 Å². The van der Waals surface area contributed by atoms with Crippen LogP contribution in [0.1, 0.15) is 6.92 Å². The normalized spacial score (nSPS) is 22.7. The number of hydrogen-bond acceptors (Lipinski definition) is 2. The third kappa shape index (κ3) is 2.43. The maximum atomic E-state index is 13.4. The molecule has 6 heteroatoms. The number of amides is 2. The molecule has 1 saturated heterocycles. The van der Waals surface area contributed by atoms with Crippen molar-refractivity contribution in [3.8, 4) is 0 Å². The summed E-state index contributed by atoms with van der Waals surface area (Å²) in [6.45, 7) is 2.25. The van der Waals surface area contributed by atoms with E-state index in [1.54, 1.807) is 14.0 Å². The van der Waals surface area contributed by atoms with Crippen molar-refractivity contribution in [3.05, 3.63) is 29.8 Å². The highest BCUT2D eigenvalue weighted by Crippen LogP contribution is 2.25. The van der Waals surface area contributed by atoms with E-state index in [0.29, 0.717) is 6.54 Å². The molecule has 1 aliphatic rings. The SMILES string of the molecule is C[C@H]1CN(C)C(=O)[C@@H]1C(=O)Nc1cccc(F)c1F. The van der Waals surface area contributed by atoms with Crippen LogP contribution in [0.2, 0.25) is 0 Å². The maximum absolute atomic E-state index is 13.4. The Bertz CT molecular complexity index is 533. The fraction of sp³-hybridized carbons (Fsp3) is 0.385. The first-order chi connectivity index (χ1) is 8.91. The minimum absolute atomic E-state index is 0.158. The second kappa shape index (κ2) is 4.95. The summed E-state index contributed by atoms with van der Waals surface area (Å²) in [5.41, 5.74) is -0.250. The summed E-state index contributed by atoms with van der Waals surface area (Å²) in [5.74, 6) is -4.09. The third-order valence-corrected chi connectivity index (χ3v) is 3.27. The molecule has 4 nitrogen and oxygen atoms in total. The number of nitrogens with zero attached hydrogens (tertiary/aromatic N) is 1. The second-order valence-corrected chi connectivity index (χ2v) is 4.76. The molecule has 1 aromatic carbocycles. The van der Waals surface area contributed by atoms with Gasteiger partial charge in [-0.1, -0.05) is 13.0 Å². The van der Waals surface area contributed by atoms with Crippen LogP contribution in [0.5, 0.6) is 0 Å². The predicted molar refractivity (Wildman–Crippen MR) is 65.3 cm³/mol. The van der Waals surface area contributed by atoms with Crippen LogP contribution in [-0.4, -0.2) is 30.3 Å². The fourth-order valence-electron chi connectivity index (χ4n) is 2.29. The Morgan fingerprint density at radius 2 is 2.11 bits per heavy atom. The van der Waals surface area contributed by atoms with Gasteiger partial charge in [0.1, 0.15) is 5.92 Å². The van der Waals surface area contributed by atoms with E-state index in [1.807, 2.05) is 0 Å². The molecule has 2 atom stereocenters. The molecule has 0 aliphatic carbocycles. The van der Waals surface area contributed by atoms with Crippen LogP contribution in [0.15, 0.2) is 18.2 Å². The van der Waals surface area contributed by atoms with E-state index >= 15 is 0 Å². The number of likely N-dealkylation sites (tertiary alicyclic amines) is 1. The van der Waals surface area contributed by atoms with Gasteiger partial charge in [0, 0.05) is 13.6 Å². The van der Waals surface area contributed by atoms with E-state index in [4.69, 9.17) is 0 Å². The number of rotatable bonds is 2. The van der Waals surface area contributed by atoms with Crippen LogP contribution in [0, 0.1) is 23.5 Å². The molecule has 1 heterocycles. The average Bonchev–Trinajstić information content (AvgIpc) is 2.59. The van der Waals surface area contributed by atoms with E-state index in [0.717, 1.165) is 6.07 Å². The summed E-state index contributed by atoms with van der Waals surface area (Å²) in [6, 6.07) is 3.51. The minimum Gasteiger partial charge on any atom is -0.345 e. The van der Waals surface area contributed by atoms with Gasteiger partial charge in [-0.25, -0.2) is 8.78 Å². The summed E-state index contributed by atoms with van der Waals surface area (Å²) in [6.07, 6.45) is 0.